The van der Waals surface area contributed by atoms with Crippen molar-refractivity contribution in [2.45, 2.75) is 13.5 Å². The highest BCUT2D eigenvalue weighted by molar-refractivity contribution is 7.14. The van der Waals surface area contributed by atoms with Crippen LogP contribution in [-0.4, -0.2) is 60.8 Å². The first-order chi connectivity index (χ1) is 13.5. The zero-order valence-corrected chi connectivity index (χ0v) is 16.8. The smallest absolute Gasteiger partial charge is 0.264 e. The van der Waals surface area contributed by atoms with Gasteiger partial charge in [-0.1, -0.05) is 0 Å². The number of hydrogen-bond donors (Lipinski definition) is 1. The Morgan fingerprint density at radius 1 is 0.964 bits per heavy atom. The van der Waals surface area contributed by atoms with Gasteiger partial charge in [0.1, 0.15) is 5.75 Å². The number of amides is 3. The molecule has 1 aromatic heterocycles. The molecule has 1 aliphatic rings. The highest BCUT2D eigenvalue weighted by Gasteiger charge is 2.26. The molecular weight excluding hydrogens is 378 g/mol. The van der Waals surface area contributed by atoms with Crippen LogP contribution in [0.5, 0.6) is 5.75 Å². The number of ether oxygens (including phenoxy) is 1. The molecular formula is C20H23N3O4S. The number of methoxy groups -OCH3 is 1. The van der Waals surface area contributed by atoms with Crippen molar-refractivity contribution in [1.82, 2.24) is 15.1 Å². The lowest BCUT2D eigenvalue weighted by Gasteiger charge is -2.34. The Labute approximate surface area is 167 Å². The SMILES string of the molecule is COc1ccc(C(=O)N2CCN(C(=O)c3ccc(CNC(C)=O)s3)CC2)cc1. The maximum atomic E-state index is 12.7. The van der Waals surface area contributed by atoms with Crippen LogP contribution >= 0.6 is 11.3 Å². The van der Waals surface area contributed by atoms with Gasteiger partial charge in [-0.05, 0) is 36.4 Å². The van der Waals surface area contributed by atoms with Crippen LogP contribution in [0.15, 0.2) is 36.4 Å². The van der Waals surface area contributed by atoms with E-state index in [0.29, 0.717) is 48.9 Å². The first-order valence-corrected chi connectivity index (χ1v) is 9.85. The van der Waals surface area contributed by atoms with Crippen molar-refractivity contribution in [3.63, 3.8) is 0 Å². The number of nitrogens with one attached hydrogen (secondary N) is 1. The van der Waals surface area contributed by atoms with Crippen LogP contribution in [0.1, 0.15) is 31.8 Å². The molecule has 148 valence electrons. The predicted octanol–water partition coefficient (Wildman–Crippen LogP) is 1.99. The quantitative estimate of drug-likeness (QED) is 0.831. The number of carbonyl (C=O) groups excluding carboxylic acids is 3. The van der Waals surface area contributed by atoms with Gasteiger partial charge in [-0.2, -0.15) is 0 Å². The van der Waals surface area contributed by atoms with E-state index in [0.717, 1.165) is 4.88 Å². The summed E-state index contributed by atoms with van der Waals surface area (Å²) in [6.45, 7) is 3.89. The summed E-state index contributed by atoms with van der Waals surface area (Å²) in [5.74, 6) is 0.541. The number of nitrogens with zero attached hydrogens (tertiary/aromatic N) is 2. The molecule has 1 fully saturated rings. The van der Waals surface area contributed by atoms with Crippen LogP contribution in [0.3, 0.4) is 0 Å². The lowest BCUT2D eigenvalue weighted by molar-refractivity contribution is -0.119. The van der Waals surface area contributed by atoms with Gasteiger partial charge in [0, 0.05) is 43.5 Å². The van der Waals surface area contributed by atoms with Gasteiger partial charge in [-0.15, -0.1) is 11.3 Å². The van der Waals surface area contributed by atoms with Crippen molar-refractivity contribution in [3.05, 3.63) is 51.7 Å². The van der Waals surface area contributed by atoms with Gasteiger partial charge >= 0.3 is 0 Å². The molecule has 2 heterocycles. The highest BCUT2D eigenvalue weighted by atomic mass is 32.1. The summed E-state index contributed by atoms with van der Waals surface area (Å²) < 4.78 is 5.12. The molecule has 8 heteroatoms. The number of carbonyl (C=O) groups is 3. The number of rotatable bonds is 5. The van der Waals surface area contributed by atoms with Crippen LogP contribution in [0, 0.1) is 0 Å². The fourth-order valence-electron chi connectivity index (χ4n) is 2.98. The topological polar surface area (TPSA) is 79.0 Å². The van der Waals surface area contributed by atoms with E-state index in [-0.39, 0.29) is 17.7 Å². The van der Waals surface area contributed by atoms with Crippen molar-refractivity contribution < 1.29 is 19.1 Å². The summed E-state index contributed by atoms with van der Waals surface area (Å²) in [6, 6.07) is 10.7. The first-order valence-electron chi connectivity index (χ1n) is 9.03. The Morgan fingerprint density at radius 2 is 1.57 bits per heavy atom. The predicted molar refractivity (Wildman–Crippen MR) is 107 cm³/mol. The third-order valence-electron chi connectivity index (χ3n) is 4.58. The van der Waals surface area contributed by atoms with Crippen LogP contribution in [0.25, 0.3) is 0 Å². The first kappa shape index (κ1) is 19.9. The molecule has 0 spiro atoms. The summed E-state index contributed by atoms with van der Waals surface area (Å²) in [4.78, 5) is 41.5. The van der Waals surface area contributed by atoms with E-state index in [1.54, 1.807) is 47.2 Å². The van der Waals surface area contributed by atoms with Gasteiger partial charge in [-0.25, -0.2) is 0 Å². The summed E-state index contributed by atoms with van der Waals surface area (Å²) in [7, 11) is 1.59. The van der Waals surface area contributed by atoms with Crippen LogP contribution in [-0.2, 0) is 11.3 Å². The van der Waals surface area contributed by atoms with E-state index in [1.807, 2.05) is 6.07 Å². The normalized spacial score (nSPS) is 13.9. The Bertz CT molecular complexity index is 855. The molecule has 1 saturated heterocycles. The average Bonchev–Trinajstić information content (AvgIpc) is 3.20. The molecule has 3 rings (SSSR count). The fraction of sp³-hybridized carbons (Fsp3) is 0.350. The van der Waals surface area contributed by atoms with Crippen molar-refractivity contribution in [3.8, 4) is 5.75 Å². The monoisotopic (exact) mass is 401 g/mol. The molecule has 1 aliphatic heterocycles. The van der Waals surface area contributed by atoms with Crippen LogP contribution in [0.4, 0.5) is 0 Å². The van der Waals surface area contributed by atoms with Gasteiger partial charge < -0.3 is 19.9 Å². The van der Waals surface area contributed by atoms with Crippen molar-refractivity contribution in [1.29, 1.82) is 0 Å². The summed E-state index contributed by atoms with van der Waals surface area (Å²) in [5.41, 5.74) is 0.612. The van der Waals surface area contributed by atoms with Crippen molar-refractivity contribution in [2.75, 3.05) is 33.3 Å². The summed E-state index contributed by atoms with van der Waals surface area (Å²) in [6.07, 6.45) is 0. The van der Waals surface area contributed by atoms with Gasteiger partial charge in [0.15, 0.2) is 0 Å². The van der Waals surface area contributed by atoms with E-state index >= 15 is 0 Å². The average molecular weight is 401 g/mol. The molecule has 3 amide bonds. The van der Waals surface area contributed by atoms with E-state index in [2.05, 4.69) is 5.32 Å². The third kappa shape index (κ3) is 4.69. The van der Waals surface area contributed by atoms with Gasteiger partial charge in [0.05, 0.1) is 18.5 Å². The Balaban J connectivity index is 1.55. The molecule has 0 aliphatic carbocycles. The second-order valence-electron chi connectivity index (χ2n) is 6.49. The zero-order valence-electron chi connectivity index (χ0n) is 15.9. The lowest BCUT2D eigenvalue weighted by atomic mass is 10.1. The summed E-state index contributed by atoms with van der Waals surface area (Å²) in [5, 5.41) is 2.73. The molecule has 0 radical (unpaired) electrons. The Morgan fingerprint density at radius 3 is 2.14 bits per heavy atom. The van der Waals surface area contributed by atoms with Gasteiger partial charge in [-0.3, -0.25) is 14.4 Å². The Hall–Kier alpha value is -2.87. The minimum atomic E-state index is -0.0982. The molecule has 0 atom stereocenters. The third-order valence-corrected chi connectivity index (χ3v) is 5.65. The van der Waals surface area contributed by atoms with Crippen molar-refractivity contribution in [2.24, 2.45) is 0 Å². The number of hydrogen-bond acceptors (Lipinski definition) is 5. The maximum Gasteiger partial charge on any atom is 0.264 e. The Kier molecular flexibility index (Phi) is 6.30. The molecule has 2 aromatic rings. The second-order valence-corrected chi connectivity index (χ2v) is 7.66. The minimum Gasteiger partial charge on any atom is -0.497 e. The minimum absolute atomic E-state index is 0.0318. The highest BCUT2D eigenvalue weighted by Crippen LogP contribution is 2.20. The summed E-state index contributed by atoms with van der Waals surface area (Å²) >= 11 is 1.39. The van der Waals surface area contributed by atoms with Gasteiger partial charge in [0.2, 0.25) is 5.91 Å². The van der Waals surface area contributed by atoms with Crippen LogP contribution < -0.4 is 10.1 Å². The van der Waals surface area contributed by atoms with E-state index in [4.69, 9.17) is 4.74 Å². The molecule has 28 heavy (non-hydrogen) atoms. The second kappa shape index (κ2) is 8.88. The largest absolute Gasteiger partial charge is 0.497 e. The number of piperazine rings is 1. The zero-order chi connectivity index (χ0) is 20.1. The van der Waals surface area contributed by atoms with Crippen LogP contribution in [0.2, 0.25) is 0 Å². The molecule has 7 nitrogen and oxygen atoms in total. The standard InChI is InChI=1S/C20H23N3O4S/c1-14(24)21-13-17-7-8-18(28-17)20(26)23-11-9-22(10-12-23)19(25)15-3-5-16(27-2)6-4-15/h3-8H,9-13H2,1-2H3,(H,21,24). The van der Waals surface area contributed by atoms with E-state index in [9.17, 15) is 14.4 Å². The van der Waals surface area contributed by atoms with Crippen molar-refractivity contribution >= 4 is 29.1 Å². The molecule has 1 aromatic carbocycles. The fourth-order valence-corrected chi connectivity index (χ4v) is 3.90. The maximum absolute atomic E-state index is 12.7. The molecule has 1 N–H and O–H groups in total. The lowest BCUT2D eigenvalue weighted by Crippen LogP contribution is -2.50. The van der Waals surface area contributed by atoms with E-state index < -0.39 is 0 Å². The van der Waals surface area contributed by atoms with E-state index in [1.165, 1.54) is 18.3 Å². The van der Waals surface area contributed by atoms with Gasteiger partial charge in [0.25, 0.3) is 11.8 Å². The number of thiophene rings is 1. The molecule has 0 unspecified atom stereocenters. The molecule has 0 saturated carbocycles. The molecule has 0 bridgehead atoms. The number of benzene rings is 1.